The molecule has 0 fully saturated rings. The van der Waals surface area contributed by atoms with Gasteiger partial charge < -0.3 is 15.6 Å². The Bertz CT molecular complexity index is 1150. The van der Waals surface area contributed by atoms with Crippen molar-refractivity contribution in [1.82, 2.24) is 19.9 Å². The van der Waals surface area contributed by atoms with Crippen LogP contribution in [0.5, 0.6) is 0 Å². The Morgan fingerprint density at radius 2 is 1.86 bits per heavy atom. The van der Waals surface area contributed by atoms with Crippen LogP contribution >= 0.6 is 11.3 Å². The number of benzene rings is 1. The van der Waals surface area contributed by atoms with Gasteiger partial charge in [-0.25, -0.2) is 15.0 Å². The molecule has 0 bridgehead atoms. The summed E-state index contributed by atoms with van der Waals surface area (Å²) in [6, 6.07) is 12.4. The Morgan fingerprint density at radius 3 is 2.59 bits per heavy atom. The van der Waals surface area contributed by atoms with Crippen LogP contribution in [0.1, 0.15) is 17.3 Å². The van der Waals surface area contributed by atoms with E-state index in [9.17, 15) is 9.59 Å². The minimum atomic E-state index is -0.260. The maximum Gasteiger partial charge on any atom is 0.256 e. The smallest absolute Gasteiger partial charge is 0.256 e. The fourth-order valence-corrected chi connectivity index (χ4v) is 3.64. The molecule has 0 saturated carbocycles. The molecule has 0 spiro atoms. The van der Waals surface area contributed by atoms with Crippen molar-refractivity contribution in [3.63, 3.8) is 0 Å². The zero-order valence-corrected chi connectivity index (χ0v) is 16.2. The van der Waals surface area contributed by atoms with Crippen LogP contribution in [0.4, 0.5) is 11.6 Å². The van der Waals surface area contributed by atoms with E-state index in [1.54, 1.807) is 55.0 Å². The number of aromatic amines is 1. The number of carbonyl (C=O) groups is 2. The van der Waals surface area contributed by atoms with Crippen LogP contribution in [-0.4, -0.2) is 31.8 Å². The molecule has 0 aliphatic carbocycles. The quantitative estimate of drug-likeness (QED) is 0.468. The predicted molar refractivity (Wildman–Crippen MR) is 112 cm³/mol. The molecule has 0 unspecified atom stereocenters. The second kappa shape index (κ2) is 8.03. The number of anilines is 2. The van der Waals surface area contributed by atoms with Gasteiger partial charge in [-0.15, -0.1) is 11.3 Å². The minimum absolute atomic E-state index is 0.208. The maximum absolute atomic E-state index is 12.6. The summed E-state index contributed by atoms with van der Waals surface area (Å²) in [6.45, 7) is 1.42. The van der Waals surface area contributed by atoms with Crippen LogP contribution < -0.4 is 10.6 Å². The zero-order valence-electron chi connectivity index (χ0n) is 15.3. The average molecular weight is 404 g/mol. The summed E-state index contributed by atoms with van der Waals surface area (Å²) < 4.78 is 0. The third-order valence-corrected chi connectivity index (χ3v) is 5.03. The summed E-state index contributed by atoms with van der Waals surface area (Å²) in [5.41, 5.74) is 1.30. The van der Waals surface area contributed by atoms with E-state index in [0.29, 0.717) is 32.9 Å². The fraction of sp³-hybridized carbons (Fsp3) is 0.0500. The molecule has 9 heteroatoms. The Labute approximate surface area is 170 Å². The lowest BCUT2D eigenvalue weighted by Crippen LogP contribution is -2.12. The first-order valence-corrected chi connectivity index (χ1v) is 9.53. The molecule has 4 rings (SSSR count). The number of hydrogen-bond donors (Lipinski definition) is 3. The molecule has 2 amide bonds. The standard InChI is InChI=1S/C20H16N6O2S/c1-12(27)24-15-11-14(7-8-21-15)20-26-18(16(29-20)17-22-9-10-23-17)25-19(28)13-5-3-2-4-6-13/h2-11H,1H3,(H,22,23)(H,25,28)(H,21,24,27). The molecule has 0 aliphatic rings. The largest absolute Gasteiger partial charge is 0.344 e. The molecule has 0 aliphatic heterocycles. The maximum atomic E-state index is 12.6. The highest BCUT2D eigenvalue weighted by Crippen LogP contribution is 2.37. The first-order valence-electron chi connectivity index (χ1n) is 8.71. The van der Waals surface area contributed by atoms with E-state index in [1.807, 2.05) is 6.07 Å². The topological polar surface area (TPSA) is 113 Å². The van der Waals surface area contributed by atoms with E-state index in [1.165, 1.54) is 18.3 Å². The van der Waals surface area contributed by atoms with Crippen molar-refractivity contribution >= 4 is 34.8 Å². The SMILES string of the molecule is CC(=O)Nc1cc(-c2nc(NC(=O)c3ccccc3)c(-c3ncc[nH]3)s2)ccn1. The van der Waals surface area contributed by atoms with E-state index >= 15 is 0 Å². The molecular formula is C20H16N6O2S. The summed E-state index contributed by atoms with van der Waals surface area (Å²) in [4.78, 5) is 40.7. The molecule has 3 aromatic heterocycles. The highest BCUT2D eigenvalue weighted by Gasteiger charge is 2.19. The van der Waals surface area contributed by atoms with E-state index in [0.717, 1.165) is 5.56 Å². The van der Waals surface area contributed by atoms with Gasteiger partial charge in [0.15, 0.2) is 11.6 Å². The molecule has 0 atom stereocenters. The molecule has 1 aromatic carbocycles. The van der Waals surface area contributed by atoms with Gasteiger partial charge >= 0.3 is 0 Å². The number of aromatic nitrogens is 4. The third-order valence-electron chi connectivity index (χ3n) is 3.92. The van der Waals surface area contributed by atoms with Crippen molar-refractivity contribution in [1.29, 1.82) is 0 Å². The van der Waals surface area contributed by atoms with Crippen LogP contribution in [0.3, 0.4) is 0 Å². The van der Waals surface area contributed by atoms with Crippen molar-refractivity contribution in [3.05, 3.63) is 66.6 Å². The van der Waals surface area contributed by atoms with Crippen molar-refractivity contribution in [2.75, 3.05) is 10.6 Å². The van der Waals surface area contributed by atoms with Crippen LogP contribution in [0, 0.1) is 0 Å². The molecule has 29 heavy (non-hydrogen) atoms. The molecule has 3 N–H and O–H groups in total. The fourth-order valence-electron chi connectivity index (χ4n) is 2.66. The second-order valence-corrected chi connectivity index (χ2v) is 7.06. The lowest BCUT2D eigenvalue weighted by molar-refractivity contribution is -0.114. The number of pyridine rings is 1. The van der Waals surface area contributed by atoms with Crippen molar-refractivity contribution in [2.45, 2.75) is 6.92 Å². The third kappa shape index (κ3) is 4.19. The lowest BCUT2D eigenvalue weighted by atomic mass is 10.2. The van der Waals surface area contributed by atoms with E-state index < -0.39 is 0 Å². The summed E-state index contributed by atoms with van der Waals surface area (Å²) in [6.07, 6.45) is 4.94. The van der Waals surface area contributed by atoms with Gasteiger partial charge in [-0.2, -0.15) is 0 Å². The number of thiazole rings is 1. The highest BCUT2D eigenvalue weighted by atomic mass is 32.1. The summed E-state index contributed by atoms with van der Waals surface area (Å²) in [5, 5.41) is 6.18. The van der Waals surface area contributed by atoms with Gasteiger partial charge in [0.2, 0.25) is 5.91 Å². The molecule has 0 radical (unpaired) electrons. The number of amides is 2. The summed E-state index contributed by atoms with van der Waals surface area (Å²) >= 11 is 1.38. The molecule has 0 saturated heterocycles. The van der Waals surface area contributed by atoms with Gasteiger partial charge in [-0.1, -0.05) is 18.2 Å². The number of nitrogens with one attached hydrogen (secondary N) is 3. The Kier molecular flexibility index (Phi) is 5.12. The van der Waals surface area contributed by atoms with Gasteiger partial charge in [-0.3, -0.25) is 9.59 Å². The molecule has 4 aromatic rings. The van der Waals surface area contributed by atoms with Crippen LogP contribution in [0.2, 0.25) is 0 Å². The first kappa shape index (κ1) is 18.5. The number of nitrogens with zero attached hydrogens (tertiary/aromatic N) is 3. The average Bonchev–Trinajstić information content (AvgIpc) is 3.38. The Morgan fingerprint density at radius 1 is 1.03 bits per heavy atom. The van der Waals surface area contributed by atoms with Crippen molar-refractivity contribution in [2.24, 2.45) is 0 Å². The Hall–Kier alpha value is -3.85. The van der Waals surface area contributed by atoms with Gasteiger partial charge in [0.1, 0.15) is 15.7 Å². The zero-order chi connectivity index (χ0) is 20.2. The van der Waals surface area contributed by atoms with Gasteiger partial charge in [0, 0.05) is 36.6 Å². The Balaban J connectivity index is 1.71. The minimum Gasteiger partial charge on any atom is -0.344 e. The van der Waals surface area contributed by atoms with E-state index in [2.05, 4.69) is 30.6 Å². The number of hydrogen-bond acceptors (Lipinski definition) is 6. The number of carbonyl (C=O) groups excluding carboxylic acids is 2. The molecule has 8 nitrogen and oxygen atoms in total. The van der Waals surface area contributed by atoms with E-state index in [4.69, 9.17) is 0 Å². The van der Waals surface area contributed by atoms with Crippen molar-refractivity contribution in [3.8, 4) is 21.3 Å². The molecule has 144 valence electrons. The van der Waals surface area contributed by atoms with E-state index in [-0.39, 0.29) is 11.8 Å². The van der Waals surface area contributed by atoms with Crippen LogP contribution in [0.15, 0.2) is 61.1 Å². The summed E-state index contributed by atoms with van der Waals surface area (Å²) in [7, 11) is 0. The van der Waals surface area contributed by atoms with Crippen molar-refractivity contribution < 1.29 is 9.59 Å². The van der Waals surface area contributed by atoms with Crippen LogP contribution in [-0.2, 0) is 4.79 Å². The van der Waals surface area contributed by atoms with Gasteiger partial charge in [0.05, 0.1) is 0 Å². The van der Waals surface area contributed by atoms with Gasteiger partial charge in [-0.05, 0) is 24.3 Å². The van der Waals surface area contributed by atoms with Gasteiger partial charge in [0.25, 0.3) is 5.91 Å². The lowest BCUT2D eigenvalue weighted by Gasteiger charge is -2.04. The predicted octanol–water partition coefficient (Wildman–Crippen LogP) is 3.81. The first-order chi connectivity index (χ1) is 14.1. The van der Waals surface area contributed by atoms with Crippen LogP contribution in [0.25, 0.3) is 21.3 Å². The monoisotopic (exact) mass is 404 g/mol. The highest BCUT2D eigenvalue weighted by molar-refractivity contribution is 7.19. The number of rotatable bonds is 5. The number of imidazole rings is 1. The molecular weight excluding hydrogens is 388 g/mol. The summed E-state index contributed by atoms with van der Waals surface area (Å²) in [5.74, 6) is 0.976. The number of H-pyrrole nitrogens is 1. The molecule has 3 heterocycles. The normalized spacial score (nSPS) is 10.5. The second-order valence-electron chi connectivity index (χ2n) is 6.07.